The summed E-state index contributed by atoms with van der Waals surface area (Å²) in [5, 5.41) is 7.25. The monoisotopic (exact) mass is 757 g/mol. The Balaban J connectivity index is 1.81. The van der Waals surface area contributed by atoms with Crippen LogP contribution in [0.4, 0.5) is 0 Å². The van der Waals surface area contributed by atoms with Crippen molar-refractivity contribution in [1.82, 2.24) is 21.1 Å². The van der Waals surface area contributed by atoms with Crippen LogP contribution in [0.2, 0.25) is 0 Å². The molecule has 1 aromatic heterocycles. The predicted octanol–water partition coefficient (Wildman–Crippen LogP) is 5.32. The fraction of sp³-hybridized carbons (Fsp3) is 0.538. The molecule has 11 nitrogen and oxygen atoms in total. The first-order chi connectivity index (χ1) is 24.6. The Morgan fingerprint density at radius 2 is 1.85 bits per heavy atom. The summed E-state index contributed by atoms with van der Waals surface area (Å²) >= 11 is 2.27. The molecule has 0 aliphatic carbocycles. The standard InChI is InChI=1S/C39H56N4O7S2/c1-10-12-18-33(48-9)26(5)35(44)41-34(25(3)4)36(45)40-32(23-27-15-13-16-28(22-27)50-52-39(6,7)8)37(46)43-21-14-17-31(42-43)38(47)49-24-30-20-19-29(11-2)51-30/h10-11,13,15-16,19-20,22,25-26,31-34,42H,1-2,12,14,17-18,21,23-24H2,3-9H3,(H,40,45)(H,41,44)/p+1/t26-,31+,32+,33-,34+/m1/s1. The van der Waals surface area contributed by atoms with Crippen LogP contribution < -0.4 is 20.2 Å². The molecule has 0 spiro atoms. The molecule has 13 heteroatoms. The average Bonchev–Trinajstić information content (AvgIpc) is 3.59. The summed E-state index contributed by atoms with van der Waals surface area (Å²) in [6.45, 7) is 19.6. The van der Waals surface area contributed by atoms with E-state index in [0.29, 0.717) is 38.0 Å². The molecule has 0 unspecified atom stereocenters. The third-order valence-electron chi connectivity index (χ3n) is 8.53. The van der Waals surface area contributed by atoms with Gasteiger partial charge in [0.25, 0.3) is 5.91 Å². The van der Waals surface area contributed by atoms with Crippen LogP contribution in [0, 0.1) is 11.8 Å². The van der Waals surface area contributed by atoms with E-state index in [1.54, 1.807) is 26.2 Å². The Kier molecular flexibility index (Phi) is 16.9. The van der Waals surface area contributed by atoms with E-state index in [-0.39, 0.29) is 35.7 Å². The number of benzene rings is 1. The van der Waals surface area contributed by atoms with Gasteiger partial charge in [-0.2, -0.15) is 0 Å². The van der Waals surface area contributed by atoms with Gasteiger partial charge in [-0.15, -0.1) is 17.9 Å². The summed E-state index contributed by atoms with van der Waals surface area (Å²) in [6.07, 6.45) is 5.66. The number of thiophene rings is 1. The molecule has 286 valence electrons. The van der Waals surface area contributed by atoms with E-state index in [1.165, 1.54) is 16.3 Å². The number of methoxy groups -OCH3 is 1. The maximum Gasteiger partial charge on any atom is 0.325 e. The summed E-state index contributed by atoms with van der Waals surface area (Å²) in [7, 11) is 1.56. The van der Waals surface area contributed by atoms with Crippen LogP contribution in [0.1, 0.15) is 82.5 Å². The van der Waals surface area contributed by atoms with Gasteiger partial charge < -0.3 is 20.1 Å². The van der Waals surface area contributed by atoms with Crippen LogP contribution in [0.5, 0.6) is 5.75 Å². The number of carbonyl (C=O) groups is 4. The highest BCUT2D eigenvalue weighted by Gasteiger charge is 2.36. The molecule has 2 heterocycles. The number of nitrogens with zero attached hydrogens (tertiary/aromatic N) is 1. The van der Waals surface area contributed by atoms with Crippen LogP contribution in [0.3, 0.4) is 0 Å². The number of hydrogen-bond acceptors (Lipinski definition) is 9. The molecule has 0 saturated carbocycles. The summed E-state index contributed by atoms with van der Waals surface area (Å²) < 4.78 is 17.1. The molecule has 0 bridgehead atoms. The first kappa shape index (κ1) is 42.8. The van der Waals surface area contributed by atoms with Crippen molar-refractivity contribution in [3.05, 3.63) is 70.9 Å². The van der Waals surface area contributed by atoms with Gasteiger partial charge in [0.05, 0.1) is 12.0 Å². The third-order valence-corrected chi connectivity index (χ3v) is 10.4. The smallest absolute Gasteiger partial charge is 0.325 e. The van der Waals surface area contributed by atoms with Crippen molar-refractivity contribution in [1.29, 1.82) is 0 Å². The Morgan fingerprint density at radius 3 is 2.48 bits per heavy atom. The molecule has 1 fully saturated rings. The normalized spacial score (nSPS) is 17.0. The van der Waals surface area contributed by atoms with Crippen LogP contribution in [0.25, 0.3) is 6.08 Å². The molecule has 5 atom stereocenters. The second kappa shape index (κ2) is 20.6. The van der Waals surface area contributed by atoms with E-state index in [9.17, 15) is 19.2 Å². The second-order valence-electron chi connectivity index (χ2n) is 14.4. The molecular formula is C39H57N4O7S2+. The number of ether oxygens (including phenoxy) is 2. The summed E-state index contributed by atoms with van der Waals surface area (Å²) in [6, 6.07) is 8.55. The van der Waals surface area contributed by atoms with Gasteiger partial charge in [-0.1, -0.05) is 51.6 Å². The highest BCUT2D eigenvalue weighted by molar-refractivity contribution is 7.75. The van der Waals surface area contributed by atoms with E-state index >= 15 is 0 Å². The van der Waals surface area contributed by atoms with Crippen molar-refractivity contribution >= 4 is 53.1 Å². The number of thiol groups is 1. The molecule has 3 rings (SSSR count). The highest BCUT2D eigenvalue weighted by atomic mass is 32.2. The topological polar surface area (TPSA) is 135 Å². The summed E-state index contributed by atoms with van der Waals surface area (Å²) in [5.74, 6) is -1.86. The van der Waals surface area contributed by atoms with Crippen molar-refractivity contribution in [3.8, 4) is 5.75 Å². The minimum absolute atomic E-state index is 0.0822. The largest absolute Gasteiger partial charge is 0.459 e. The van der Waals surface area contributed by atoms with Crippen molar-refractivity contribution in [2.45, 2.75) is 109 Å². The van der Waals surface area contributed by atoms with Crippen molar-refractivity contribution < 1.29 is 32.8 Å². The highest BCUT2D eigenvalue weighted by Crippen LogP contribution is 2.22. The molecule has 3 amide bonds. The fourth-order valence-corrected chi connectivity index (χ4v) is 6.86. The van der Waals surface area contributed by atoms with Crippen LogP contribution in [-0.2, 0) is 53.7 Å². The van der Waals surface area contributed by atoms with E-state index in [4.69, 9.17) is 13.7 Å². The number of hydrazine groups is 1. The van der Waals surface area contributed by atoms with Gasteiger partial charge in [0, 0.05) is 29.8 Å². The lowest BCUT2D eigenvalue weighted by Crippen LogP contribution is -2.62. The quantitative estimate of drug-likeness (QED) is 0.0759. The molecule has 52 heavy (non-hydrogen) atoms. The van der Waals surface area contributed by atoms with Gasteiger partial charge in [-0.25, -0.2) is 5.43 Å². The maximum atomic E-state index is 14.3. The van der Waals surface area contributed by atoms with Crippen LogP contribution in [-0.4, -0.2) is 71.3 Å². The zero-order valence-electron chi connectivity index (χ0n) is 31.6. The van der Waals surface area contributed by atoms with Crippen molar-refractivity contribution in [2.24, 2.45) is 11.8 Å². The number of amides is 3. The zero-order valence-corrected chi connectivity index (χ0v) is 33.3. The van der Waals surface area contributed by atoms with Gasteiger partial charge in [0.2, 0.25) is 11.8 Å². The minimum atomic E-state index is -1.02. The van der Waals surface area contributed by atoms with E-state index in [1.807, 2.05) is 50.2 Å². The molecule has 1 aliphatic heterocycles. The Hall–Kier alpha value is -3.65. The Bertz CT molecular complexity index is 1520. The predicted molar refractivity (Wildman–Crippen MR) is 209 cm³/mol. The lowest BCUT2D eigenvalue weighted by atomic mass is 9.96. The number of hydrogen-bond donors (Lipinski definition) is 3. The van der Waals surface area contributed by atoms with Gasteiger partial charge >= 0.3 is 5.97 Å². The summed E-state index contributed by atoms with van der Waals surface area (Å²) in [4.78, 5) is 56.6. The lowest BCUT2D eigenvalue weighted by molar-refractivity contribution is -0.154. The first-order valence-corrected chi connectivity index (χ1v) is 19.5. The Morgan fingerprint density at radius 1 is 1.10 bits per heavy atom. The van der Waals surface area contributed by atoms with Gasteiger partial charge in [0.1, 0.15) is 24.7 Å². The SMILES string of the molecule is C=CCC[C@@H](OC)[C@@H](C)C(=O)N[C@H](C(=O)N[C@@H](Cc1cccc(O[SH+]C(C)(C)C)c1)C(=O)N1CCC[C@@H](C(=O)OCc2ccc(C=C)s2)N1)C(C)C. The van der Waals surface area contributed by atoms with E-state index < -0.39 is 41.8 Å². The molecule has 0 radical (unpaired) electrons. The molecule has 1 aromatic carbocycles. The number of allylic oxidation sites excluding steroid dienone is 1. The third kappa shape index (κ3) is 13.4. The van der Waals surface area contributed by atoms with Gasteiger partial charge in [-0.05, 0) is 82.2 Å². The van der Waals surface area contributed by atoms with Crippen LogP contribution in [0.15, 0.2) is 55.6 Å². The zero-order chi connectivity index (χ0) is 38.4. The number of carbonyl (C=O) groups excluding carboxylic acids is 4. The number of nitrogens with one attached hydrogen (secondary N) is 3. The molecular weight excluding hydrogens is 701 g/mol. The van der Waals surface area contributed by atoms with Gasteiger partial charge in [0.15, 0.2) is 22.5 Å². The van der Waals surface area contributed by atoms with Crippen LogP contribution >= 0.6 is 11.3 Å². The molecule has 1 aliphatic rings. The Labute approximate surface area is 317 Å². The molecule has 1 saturated heterocycles. The second-order valence-corrected chi connectivity index (χ2v) is 17.3. The summed E-state index contributed by atoms with van der Waals surface area (Å²) in [5.41, 5.74) is 3.83. The lowest BCUT2D eigenvalue weighted by Gasteiger charge is -2.35. The first-order valence-electron chi connectivity index (χ1n) is 17.8. The van der Waals surface area contributed by atoms with Crippen molar-refractivity contribution in [3.63, 3.8) is 0 Å². The van der Waals surface area contributed by atoms with Gasteiger partial charge in [-0.3, -0.25) is 28.4 Å². The minimum Gasteiger partial charge on any atom is -0.459 e. The number of esters is 1. The fourth-order valence-electron chi connectivity index (χ4n) is 5.59. The molecule has 3 N–H and O–H groups in total. The molecule has 2 aromatic rings. The number of rotatable bonds is 19. The average molecular weight is 758 g/mol. The van der Waals surface area contributed by atoms with E-state index in [2.05, 4.69) is 50.0 Å². The van der Waals surface area contributed by atoms with E-state index in [0.717, 1.165) is 27.4 Å². The maximum absolute atomic E-state index is 14.3. The van der Waals surface area contributed by atoms with Crippen molar-refractivity contribution in [2.75, 3.05) is 13.7 Å².